The van der Waals surface area contributed by atoms with Crippen molar-refractivity contribution in [2.45, 2.75) is 6.18 Å². The van der Waals surface area contributed by atoms with Gasteiger partial charge in [-0.05, 0) is 12.1 Å². The van der Waals surface area contributed by atoms with E-state index in [9.17, 15) is 26.3 Å². The number of benzene rings is 1. The van der Waals surface area contributed by atoms with E-state index in [1.165, 1.54) is 24.3 Å². The van der Waals surface area contributed by atoms with Crippen molar-refractivity contribution >= 4 is 11.4 Å². The highest BCUT2D eigenvalue weighted by Crippen LogP contribution is 2.39. The van der Waals surface area contributed by atoms with E-state index < -0.39 is 35.1 Å². The van der Waals surface area contributed by atoms with Crippen LogP contribution in [0.4, 0.5) is 37.7 Å². The molecule has 0 aliphatic rings. The number of hydrogen-bond acceptors (Lipinski definition) is 2. The third kappa shape index (κ3) is 2.68. The van der Waals surface area contributed by atoms with Crippen LogP contribution in [0.3, 0.4) is 0 Å². The van der Waals surface area contributed by atoms with Crippen LogP contribution < -0.4 is 5.32 Å². The van der Waals surface area contributed by atoms with Crippen LogP contribution in [-0.4, -0.2) is 4.98 Å². The van der Waals surface area contributed by atoms with Gasteiger partial charge in [-0.25, -0.2) is 0 Å². The second kappa shape index (κ2) is 5.03. The Morgan fingerprint density at radius 3 is 2.05 bits per heavy atom. The average Bonchev–Trinajstić information content (AvgIpc) is 2.35. The molecule has 8 heteroatoms. The summed E-state index contributed by atoms with van der Waals surface area (Å²) < 4.78 is 77.8. The number of para-hydroxylation sites is 1. The lowest BCUT2D eigenvalue weighted by molar-refractivity contribution is -0.140. The zero-order chi connectivity index (χ0) is 14.9. The van der Waals surface area contributed by atoms with E-state index in [1.54, 1.807) is 6.07 Å². The molecular formula is C12H6F6N2. The topological polar surface area (TPSA) is 24.9 Å². The van der Waals surface area contributed by atoms with E-state index in [4.69, 9.17) is 0 Å². The molecule has 1 N–H and O–H groups in total. The molecule has 1 aromatic carbocycles. The lowest BCUT2D eigenvalue weighted by Gasteiger charge is -2.15. The zero-order valence-electron chi connectivity index (χ0n) is 9.60. The summed E-state index contributed by atoms with van der Waals surface area (Å²) in [5.41, 5.74) is -3.28. The molecule has 20 heavy (non-hydrogen) atoms. The Hall–Kier alpha value is -2.25. The van der Waals surface area contributed by atoms with Gasteiger partial charge in [-0.15, -0.1) is 0 Å². The fourth-order valence-corrected chi connectivity index (χ4v) is 1.55. The van der Waals surface area contributed by atoms with Gasteiger partial charge >= 0.3 is 6.18 Å². The Labute approximate surface area is 109 Å². The molecule has 2 nitrogen and oxygen atoms in total. The van der Waals surface area contributed by atoms with Crippen molar-refractivity contribution in [3.8, 4) is 0 Å². The second-order valence-electron chi connectivity index (χ2n) is 3.75. The first kappa shape index (κ1) is 14.2. The standard InChI is InChI=1S/C12H6F6N2/c13-8-9(19-6-4-2-1-3-5-6)7(12(16,17)18)10(14)20-11(8)15/h1-5H,(H,19,20). The number of rotatable bonds is 2. The molecule has 0 aliphatic heterocycles. The van der Waals surface area contributed by atoms with Gasteiger partial charge in [0.25, 0.3) is 5.95 Å². The van der Waals surface area contributed by atoms with Gasteiger partial charge in [0, 0.05) is 5.69 Å². The number of pyridine rings is 1. The smallest absolute Gasteiger partial charge is 0.352 e. The van der Waals surface area contributed by atoms with Gasteiger partial charge in [0.05, 0.1) is 5.69 Å². The Morgan fingerprint density at radius 2 is 1.50 bits per heavy atom. The van der Waals surface area contributed by atoms with Crippen molar-refractivity contribution < 1.29 is 26.3 Å². The summed E-state index contributed by atoms with van der Waals surface area (Å²) in [7, 11) is 0. The molecule has 1 heterocycles. The van der Waals surface area contributed by atoms with Crippen molar-refractivity contribution in [3.05, 3.63) is 53.6 Å². The number of halogens is 6. The van der Waals surface area contributed by atoms with Crippen LogP contribution >= 0.6 is 0 Å². The molecule has 0 unspecified atom stereocenters. The summed E-state index contributed by atoms with van der Waals surface area (Å²) in [6, 6.07) is 7.12. The van der Waals surface area contributed by atoms with Crippen LogP contribution in [0, 0.1) is 17.7 Å². The Kier molecular flexibility index (Phi) is 3.56. The number of nitrogens with one attached hydrogen (secondary N) is 1. The number of aromatic nitrogens is 1. The predicted octanol–water partition coefficient (Wildman–Crippen LogP) is 4.26. The summed E-state index contributed by atoms with van der Waals surface area (Å²) in [6.45, 7) is 0. The van der Waals surface area contributed by atoms with Crippen LogP contribution in [0.15, 0.2) is 30.3 Å². The summed E-state index contributed by atoms with van der Waals surface area (Å²) in [6.07, 6.45) is -5.22. The van der Waals surface area contributed by atoms with Gasteiger partial charge in [0.15, 0.2) is 0 Å². The lowest BCUT2D eigenvalue weighted by atomic mass is 10.2. The Balaban J connectivity index is 2.61. The van der Waals surface area contributed by atoms with Crippen LogP contribution in [0.2, 0.25) is 0 Å². The lowest BCUT2D eigenvalue weighted by Crippen LogP contribution is -2.16. The predicted molar refractivity (Wildman–Crippen MR) is 58.8 cm³/mol. The van der Waals surface area contributed by atoms with E-state index >= 15 is 0 Å². The highest BCUT2D eigenvalue weighted by molar-refractivity contribution is 5.64. The second-order valence-corrected chi connectivity index (χ2v) is 3.75. The molecule has 0 atom stereocenters. The van der Waals surface area contributed by atoms with Gasteiger partial charge in [0.1, 0.15) is 5.56 Å². The Bertz CT molecular complexity index is 624. The van der Waals surface area contributed by atoms with Crippen molar-refractivity contribution in [2.24, 2.45) is 0 Å². The van der Waals surface area contributed by atoms with Crippen LogP contribution in [0.1, 0.15) is 5.56 Å². The number of alkyl halides is 3. The number of anilines is 2. The van der Waals surface area contributed by atoms with Crippen LogP contribution in [0.25, 0.3) is 0 Å². The third-order valence-corrected chi connectivity index (χ3v) is 2.38. The van der Waals surface area contributed by atoms with Crippen molar-refractivity contribution in [3.63, 3.8) is 0 Å². The molecule has 0 saturated heterocycles. The summed E-state index contributed by atoms with van der Waals surface area (Å²) >= 11 is 0. The van der Waals surface area contributed by atoms with E-state index in [0.717, 1.165) is 0 Å². The first-order valence-corrected chi connectivity index (χ1v) is 5.24. The highest BCUT2D eigenvalue weighted by atomic mass is 19.4. The minimum Gasteiger partial charge on any atom is -0.352 e. The minimum atomic E-state index is -5.22. The molecule has 2 rings (SSSR count). The molecule has 1 aromatic heterocycles. The molecule has 0 amide bonds. The first-order chi connectivity index (χ1) is 9.30. The maximum atomic E-state index is 13.5. The maximum Gasteiger partial charge on any atom is 0.422 e. The van der Waals surface area contributed by atoms with Gasteiger partial charge in [-0.3, -0.25) is 0 Å². The molecule has 106 valence electrons. The van der Waals surface area contributed by atoms with Crippen molar-refractivity contribution in [1.82, 2.24) is 4.98 Å². The Morgan fingerprint density at radius 1 is 0.900 bits per heavy atom. The molecule has 0 spiro atoms. The fraction of sp³-hybridized carbons (Fsp3) is 0.0833. The summed E-state index contributed by atoms with van der Waals surface area (Å²) in [5, 5.41) is 2.01. The fourth-order valence-electron chi connectivity index (χ4n) is 1.55. The monoisotopic (exact) mass is 292 g/mol. The maximum absolute atomic E-state index is 13.5. The third-order valence-electron chi connectivity index (χ3n) is 2.38. The summed E-state index contributed by atoms with van der Waals surface area (Å²) in [5.74, 6) is -5.98. The quantitative estimate of drug-likeness (QED) is 0.660. The van der Waals surface area contributed by atoms with Crippen molar-refractivity contribution in [1.29, 1.82) is 0 Å². The molecule has 0 radical (unpaired) electrons. The van der Waals surface area contributed by atoms with Gasteiger partial charge in [-0.1, -0.05) is 18.2 Å². The van der Waals surface area contributed by atoms with Crippen LogP contribution in [0.5, 0.6) is 0 Å². The van der Waals surface area contributed by atoms with E-state index in [2.05, 4.69) is 4.98 Å². The number of hydrogen-bond donors (Lipinski definition) is 1. The largest absolute Gasteiger partial charge is 0.422 e. The molecular weight excluding hydrogens is 286 g/mol. The molecule has 2 aromatic rings. The summed E-state index contributed by atoms with van der Waals surface area (Å²) in [4.78, 5) is 2.27. The molecule has 0 bridgehead atoms. The number of nitrogens with zero attached hydrogens (tertiary/aromatic N) is 1. The minimum absolute atomic E-state index is 0.0434. The van der Waals surface area contributed by atoms with E-state index in [0.29, 0.717) is 0 Å². The zero-order valence-corrected chi connectivity index (χ0v) is 9.60. The normalized spacial score (nSPS) is 11.5. The average molecular weight is 292 g/mol. The van der Waals surface area contributed by atoms with Crippen molar-refractivity contribution in [2.75, 3.05) is 5.32 Å². The van der Waals surface area contributed by atoms with Gasteiger partial charge in [-0.2, -0.15) is 31.3 Å². The van der Waals surface area contributed by atoms with E-state index in [1.807, 2.05) is 5.32 Å². The SMILES string of the molecule is Fc1nc(F)c(C(F)(F)F)c(Nc2ccccc2)c1F. The van der Waals surface area contributed by atoms with E-state index in [-0.39, 0.29) is 5.69 Å². The van der Waals surface area contributed by atoms with Gasteiger partial charge in [0.2, 0.25) is 11.8 Å². The first-order valence-electron chi connectivity index (χ1n) is 5.24. The molecule has 0 aliphatic carbocycles. The van der Waals surface area contributed by atoms with Gasteiger partial charge < -0.3 is 5.32 Å². The molecule has 0 saturated carbocycles. The molecule has 0 fully saturated rings. The van der Waals surface area contributed by atoms with Crippen LogP contribution in [-0.2, 0) is 6.18 Å². The highest BCUT2D eigenvalue weighted by Gasteiger charge is 2.40.